The number of H-pyrrole nitrogens is 1. The summed E-state index contributed by atoms with van der Waals surface area (Å²) in [5.41, 5.74) is 0.0829. The SMILES string of the molecule is CCN1CCCC1CNC(=O)c1c[nH]c2ccc(F)cc2c1=O. The second-order valence-electron chi connectivity index (χ2n) is 5.86. The van der Waals surface area contributed by atoms with Gasteiger partial charge in [-0.05, 0) is 44.1 Å². The van der Waals surface area contributed by atoms with Gasteiger partial charge in [-0.25, -0.2) is 4.39 Å². The number of aromatic nitrogens is 1. The quantitative estimate of drug-likeness (QED) is 0.905. The van der Waals surface area contributed by atoms with Crippen molar-refractivity contribution in [2.75, 3.05) is 19.6 Å². The van der Waals surface area contributed by atoms with Crippen LogP contribution in [-0.2, 0) is 0 Å². The summed E-state index contributed by atoms with van der Waals surface area (Å²) in [6.45, 7) is 4.62. The number of amides is 1. The molecule has 1 fully saturated rings. The fraction of sp³-hybridized carbons (Fsp3) is 0.412. The minimum atomic E-state index is -0.495. The smallest absolute Gasteiger partial charge is 0.256 e. The number of aromatic amines is 1. The van der Waals surface area contributed by atoms with Crippen molar-refractivity contribution in [3.05, 3.63) is 46.0 Å². The lowest BCUT2D eigenvalue weighted by atomic mass is 10.1. The number of fused-ring (bicyclic) bond motifs is 1. The van der Waals surface area contributed by atoms with E-state index in [0.717, 1.165) is 32.0 Å². The molecule has 0 saturated carbocycles. The highest BCUT2D eigenvalue weighted by atomic mass is 19.1. The van der Waals surface area contributed by atoms with Crippen molar-refractivity contribution in [2.24, 2.45) is 0 Å². The maximum atomic E-state index is 13.3. The first kappa shape index (κ1) is 15.7. The fourth-order valence-corrected chi connectivity index (χ4v) is 3.21. The van der Waals surface area contributed by atoms with E-state index >= 15 is 0 Å². The predicted molar refractivity (Wildman–Crippen MR) is 87.1 cm³/mol. The molecule has 1 amide bonds. The molecule has 6 heteroatoms. The van der Waals surface area contributed by atoms with Crippen LogP contribution in [0.25, 0.3) is 10.9 Å². The third-order valence-corrected chi connectivity index (χ3v) is 4.49. The average Bonchev–Trinajstić information content (AvgIpc) is 3.01. The van der Waals surface area contributed by atoms with Crippen molar-refractivity contribution in [2.45, 2.75) is 25.8 Å². The van der Waals surface area contributed by atoms with Crippen molar-refractivity contribution in [3.8, 4) is 0 Å². The number of nitrogens with zero attached hydrogens (tertiary/aromatic N) is 1. The van der Waals surface area contributed by atoms with Gasteiger partial charge in [0.25, 0.3) is 5.91 Å². The molecule has 2 heterocycles. The van der Waals surface area contributed by atoms with Crippen LogP contribution < -0.4 is 10.7 Å². The first-order chi connectivity index (χ1) is 11.1. The van der Waals surface area contributed by atoms with E-state index in [-0.39, 0.29) is 10.9 Å². The van der Waals surface area contributed by atoms with E-state index in [9.17, 15) is 14.0 Å². The van der Waals surface area contributed by atoms with Gasteiger partial charge < -0.3 is 10.3 Å². The topological polar surface area (TPSA) is 65.2 Å². The standard InChI is InChI=1S/C17H20FN3O2/c1-2-21-7-3-4-12(21)9-20-17(23)14-10-19-15-6-5-11(18)8-13(15)16(14)22/h5-6,8,10,12H,2-4,7,9H2,1H3,(H,19,22)(H,20,23). The third kappa shape index (κ3) is 3.12. The Morgan fingerprint density at radius 1 is 1.48 bits per heavy atom. The van der Waals surface area contributed by atoms with E-state index in [1.807, 2.05) is 0 Å². The number of pyridine rings is 1. The number of likely N-dealkylation sites (N-methyl/N-ethyl adjacent to an activating group) is 1. The summed E-state index contributed by atoms with van der Waals surface area (Å²) in [7, 11) is 0. The van der Waals surface area contributed by atoms with Crippen LogP contribution in [0.15, 0.2) is 29.2 Å². The largest absolute Gasteiger partial charge is 0.360 e. The maximum Gasteiger partial charge on any atom is 0.256 e. The van der Waals surface area contributed by atoms with Crippen molar-refractivity contribution >= 4 is 16.8 Å². The Morgan fingerprint density at radius 3 is 3.09 bits per heavy atom. The monoisotopic (exact) mass is 317 g/mol. The molecule has 5 nitrogen and oxygen atoms in total. The molecule has 1 atom stereocenters. The molecular formula is C17H20FN3O2. The Kier molecular flexibility index (Phi) is 4.43. The molecule has 1 aromatic heterocycles. The normalized spacial score (nSPS) is 18.4. The minimum Gasteiger partial charge on any atom is -0.360 e. The number of halogens is 1. The van der Waals surface area contributed by atoms with Crippen LogP contribution in [0.5, 0.6) is 0 Å². The Morgan fingerprint density at radius 2 is 2.30 bits per heavy atom. The summed E-state index contributed by atoms with van der Waals surface area (Å²) >= 11 is 0. The first-order valence-corrected chi connectivity index (χ1v) is 7.93. The van der Waals surface area contributed by atoms with Gasteiger partial charge in [0.1, 0.15) is 11.4 Å². The van der Waals surface area contributed by atoms with Crippen molar-refractivity contribution in [1.82, 2.24) is 15.2 Å². The molecule has 1 saturated heterocycles. The van der Waals surface area contributed by atoms with Gasteiger partial charge in [0.05, 0.1) is 0 Å². The van der Waals surface area contributed by atoms with Gasteiger partial charge in [-0.2, -0.15) is 0 Å². The summed E-state index contributed by atoms with van der Waals surface area (Å²) in [5, 5.41) is 3.02. The molecule has 122 valence electrons. The fourth-order valence-electron chi connectivity index (χ4n) is 3.21. The third-order valence-electron chi connectivity index (χ3n) is 4.49. The summed E-state index contributed by atoms with van der Waals surface area (Å²) in [6, 6.07) is 4.24. The van der Waals surface area contributed by atoms with Crippen LogP contribution in [0.1, 0.15) is 30.1 Å². The zero-order chi connectivity index (χ0) is 16.4. The number of rotatable bonds is 4. The van der Waals surface area contributed by atoms with Crippen molar-refractivity contribution in [3.63, 3.8) is 0 Å². The Balaban J connectivity index is 1.78. The van der Waals surface area contributed by atoms with Gasteiger partial charge >= 0.3 is 0 Å². The van der Waals surface area contributed by atoms with E-state index in [4.69, 9.17) is 0 Å². The molecule has 3 rings (SSSR count). The van der Waals surface area contributed by atoms with E-state index in [2.05, 4.69) is 22.1 Å². The van der Waals surface area contributed by atoms with Crippen LogP contribution in [0.4, 0.5) is 4.39 Å². The molecular weight excluding hydrogens is 297 g/mol. The molecule has 23 heavy (non-hydrogen) atoms. The van der Waals surface area contributed by atoms with Crippen LogP contribution in [0, 0.1) is 5.82 Å². The number of hydrogen-bond donors (Lipinski definition) is 2. The molecule has 1 aromatic carbocycles. The lowest BCUT2D eigenvalue weighted by Crippen LogP contribution is -2.41. The molecule has 1 aliphatic rings. The highest BCUT2D eigenvalue weighted by Gasteiger charge is 2.23. The van der Waals surface area contributed by atoms with E-state index in [1.54, 1.807) is 0 Å². The highest BCUT2D eigenvalue weighted by molar-refractivity contribution is 5.97. The number of carbonyl (C=O) groups excluding carboxylic acids is 1. The first-order valence-electron chi connectivity index (χ1n) is 7.93. The number of hydrogen-bond acceptors (Lipinski definition) is 3. The van der Waals surface area contributed by atoms with Gasteiger partial charge in [0, 0.05) is 29.7 Å². The molecule has 1 unspecified atom stereocenters. The molecule has 1 aliphatic heterocycles. The van der Waals surface area contributed by atoms with Crippen molar-refractivity contribution in [1.29, 1.82) is 0 Å². The van der Waals surface area contributed by atoms with E-state index < -0.39 is 17.2 Å². The predicted octanol–water partition coefficient (Wildman–Crippen LogP) is 1.88. The molecule has 0 bridgehead atoms. The second kappa shape index (κ2) is 6.50. The number of carbonyl (C=O) groups is 1. The Hall–Kier alpha value is -2.21. The summed E-state index contributed by atoms with van der Waals surface area (Å²) in [5.74, 6) is -0.912. The zero-order valence-electron chi connectivity index (χ0n) is 13.1. The summed E-state index contributed by atoms with van der Waals surface area (Å²) in [6.07, 6.45) is 3.57. The van der Waals surface area contributed by atoms with Gasteiger partial charge in [-0.1, -0.05) is 6.92 Å². The summed E-state index contributed by atoms with van der Waals surface area (Å²) < 4.78 is 13.3. The molecule has 2 N–H and O–H groups in total. The van der Waals surface area contributed by atoms with Gasteiger partial charge in [-0.15, -0.1) is 0 Å². The number of likely N-dealkylation sites (tertiary alicyclic amines) is 1. The second-order valence-corrected chi connectivity index (χ2v) is 5.86. The number of benzene rings is 1. The molecule has 0 spiro atoms. The minimum absolute atomic E-state index is 0.0177. The van der Waals surface area contributed by atoms with Gasteiger partial charge in [-0.3, -0.25) is 14.5 Å². The van der Waals surface area contributed by atoms with Crippen LogP contribution in [-0.4, -0.2) is 41.5 Å². The van der Waals surface area contributed by atoms with Crippen molar-refractivity contribution < 1.29 is 9.18 Å². The zero-order valence-corrected chi connectivity index (χ0v) is 13.1. The lowest BCUT2D eigenvalue weighted by Gasteiger charge is -2.22. The molecule has 0 aliphatic carbocycles. The maximum absolute atomic E-state index is 13.3. The summed E-state index contributed by atoms with van der Waals surface area (Å²) in [4.78, 5) is 29.9. The Labute approximate surface area is 133 Å². The van der Waals surface area contributed by atoms with Gasteiger partial charge in [0.2, 0.25) is 5.43 Å². The van der Waals surface area contributed by atoms with Gasteiger partial charge in [0.15, 0.2) is 0 Å². The van der Waals surface area contributed by atoms with Crippen LogP contribution >= 0.6 is 0 Å². The molecule has 0 radical (unpaired) electrons. The lowest BCUT2D eigenvalue weighted by molar-refractivity contribution is 0.0940. The Bertz CT molecular complexity index is 787. The van der Waals surface area contributed by atoms with E-state index in [0.29, 0.717) is 18.1 Å². The van der Waals surface area contributed by atoms with E-state index in [1.165, 1.54) is 18.3 Å². The van der Waals surface area contributed by atoms with Crippen LogP contribution in [0.3, 0.4) is 0 Å². The van der Waals surface area contributed by atoms with Crippen LogP contribution in [0.2, 0.25) is 0 Å². The molecule has 2 aromatic rings. The highest BCUT2D eigenvalue weighted by Crippen LogP contribution is 2.15. The average molecular weight is 317 g/mol. The number of nitrogens with one attached hydrogen (secondary N) is 2.